The number of aromatic nitrogens is 4. The van der Waals surface area contributed by atoms with Crippen molar-refractivity contribution in [3.05, 3.63) is 28.2 Å². The van der Waals surface area contributed by atoms with Gasteiger partial charge in [-0.1, -0.05) is 6.92 Å². The molecule has 0 spiro atoms. The molecule has 0 aromatic carbocycles. The molecule has 6 nitrogen and oxygen atoms in total. The molecule has 0 unspecified atom stereocenters. The average molecular weight is 319 g/mol. The molecule has 7 heteroatoms. The van der Waals surface area contributed by atoms with Crippen molar-refractivity contribution < 1.29 is 4.79 Å². The highest BCUT2D eigenvalue weighted by Crippen LogP contribution is 2.26. The lowest BCUT2D eigenvalue weighted by Crippen LogP contribution is -2.39. The Hall–Kier alpha value is -1.76. The standard InChI is InChI=1S/C15H21N5OS/c1-3-13-17-12(9-22-13)8-14(21)20-6-4-11(5-7-20)15-18-16-10-19(15)2/h9-11H,3-8H2,1-2H3. The number of rotatable bonds is 4. The first kappa shape index (κ1) is 15.1. The van der Waals surface area contributed by atoms with E-state index in [-0.39, 0.29) is 5.91 Å². The molecule has 1 aliphatic rings. The Morgan fingerprint density at radius 1 is 1.41 bits per heavy atom. The summed E-state index contributed by atoms with van der Waals surface area (Å²) in [7, 11) is 1.97. The molecule has 0 bridgehead atoms. The van der Waals surface area contributed by atoms with E-state index < -0.39 is 0 Å². The number of amides is 1. The third-order valence-electron chi connectivity index (χ3n) is 4.19. The van der Waals surface area contributed by atoms with Crippen molar-refractivity contribution >= 4 is 17.2 Å². The number of hydrogen-bond donors (Lipinski definition) is 0. The Morgan fingerprint density at radius 2 is 2.18 bits per heavy atom. The molecule has 1 saturated heterocycles. The fourth-order valence-electron chi connectivity index (χ4n) is 2.91. The normalized spacial score (nSPS) is 16.2. The molecule has 22 heavy (non-hydrogen) atoms. The topological polar surface area (TPSA) is 63.9 Å². The van der Waals surface area contributed by atoms with Crippen molar-refractivity contribution in [3.63, 3.8) is 0 Å². The molecule has 1 aliphatic heterocycles. The zero-order valence-corrected chi connectivity index (χ0v) is 13.8. The Labute approximate surface area is 134 Å². The Kier molecular flexibility index (Phi) is 4.52. The van der Waals surface area contributed by atoms with Crippen LogP contribution in [0, 0.1) is 0 Å². The van der Waals surface area contributed by atoms with E-state index in [2.05, 4.69) is 22.1 Å². The fourth-order valence-corrected chi connectivity index (χ4v) is 3.65. The van der Waals surface area contributed by atoms with Gasteiger partial charge in [-0.25, -0.2) is 4.98 Å². The van der Waals surface area contributed by atoms with Crippen LogP contribution in [0.2, 0.25) is 0 Å². The van der Waals surface area contributed by atoms with Crippen LogP contribution in [-0.2, 0) is 24.7 Å². The number of nitrogens with zero attached hydrogens (tertiary/aromatic N) is 5. The molecule has 0 saturated carbocycles. The molecule has 1 amide bonds. The van der Waals surface area contributed by atoms with Crippen molar-refractivity contribution in [1.82, 2.24) is 24.6 Å². The van der Waals surface area contributed by atoms with E-state index in [1.165, 1.54) is 0 Å². The summed E-state index contributed by atoms with van der Waals surface area (Å²) in [6, 6.07) is 0. The summed E-state index contributed by atoms with van der Waals surface area (Å²) in [6.45, 7) is 3.67. The van der Waals surface area contributed by atoms with Crippen molar-refractivity contribution in [2.24, 2.45) is 7.05 Å². The second-order valence-electron chi connectivity index (χ2n) is 5.72. The van der Waals surface area contributed by atoms with Gasteiger partial charge in [0.25, 0.3) is 0 Å². The quantitative estimate of drug-likeness (QED) is 0.862. The van der Waals surface area contributed by atoms with Gasteiger partial charge in [-0.15, -0.1) is 21.5 Å². The maximum Gasteiger partial charge on any atom is 0.228 e. The lowest BCUT2D eigenvalue weighted by atomic mass is 9.95. The van der Waals surface area contributed by atoms with Crippen LogP contribution >= 0.6 is 11.3 Å². The van der Waals surface area contributed by atoms with Crippen LogP contribution in [-0.4, -0.2) is 43.6 Å². The number of likely N-dealkylation sites (tertiary alicyclic amines) is 1. The van der Waals surface area contributed by atoms with Crippen LogP contribution < -0.4 is 0 Å². The largest absolute Gasteiger partial charge is 0.342 e. The van der Waals surface area contributed by atoms with Gasteiger partial charge in [0.15, 0.2) is 0 Å². The highest BCUT2D eigenvalue weighted by atomic mass is 32.1. The maximum atomic E-state index is 12.4. The highest BCUT2D eigenvalue weighted by molar-refractivity contribution is 7.09. The lowest BCUT2D eigenvalue weighted by molar-refractivity contribution is -0.131. The molecule has 118 valence electrons. The SMILES string of the molecule is CCc1nc(CC(=O)N2CCC(c3nncn3C)CC2)cs1. The van der Waals surface area contributed by atoms with Gasteiger partial charge < -0.3 is 9.47 Å². The summed E-state index contributed by atoms with van der Waals surface area (Å²) in [6.07, 6.45) is 5.00. The second-order valence-corrected chi connectivity index (χ2v) is 6.66. The molecular formula is C15H21N5OS. The van der Waals surface area contributed by atoms with E-state index in [1.54, 1.807) is 17.7 Å². The second kappa shape index (κ2) is 6.56. The molecular weight excluding hydrogens is 298 g/mol. The summed E-state index contributed by atoms with van der Waals surface area (Å²) in [5, 5.41) is 11.2. The Bertz CT molecular complexity index is 642. The summed E-state index contributed by atoms with van der Waals surface area (Å²) in [5.41, 5.74) is 0.905. The van der Waals surface area contributed by atoms with Crippen LogP contribution in [0.1, 0.15) is 42.2 Å². The predicted octanol–water partition coefficient (Wildman–Crippen LogP) is 1.78. The van der Waals surface area contributed by atoms with E-state index in [9.17, 15) is 4.79 Å². The third kappa shape index (κ3) is 3.19. The monoisotopic (exact) mass is 319 g/mol. The van der Waals surface area contributed by atoms with Crippen molar-refractivity contribution in [2.45, 2.75) is 38.5 Å². The highest BCUT2D eigenvalue weighted by Gasteiger charge is 2.26. The molecule has 0 aliphatic carbocycles. The number of thiazole rings is 1. The molecule has 2 aromatic rings. The smallest absolute Gasteiger partial charge is 0.228 e. The molecule has 1 fully saturated rings. The number of carbonyl (C=O) groups excluding carboxylic acids is 1. The van der Waals surface area contributed by atoms with Gasteiger partial charge in [0.2, 0.25) is 5.91 Å². The van der Waals surface area contributed by atoms with Gasteiger partial charge >= 0.3 is 0 Å². The van der Waals surface area contributed by atoms with Crippen molar-refractivity contribution in [3.8, 4) is 0 Å². The minimum atomic E-state index is 0.185. The van der Waals surface area contributed by atoms with E-state index in [0.717, 1.165) is 48.9 Å². The lowest BCUT2D eigenvalue weighted by Gasteiger charge is -2.31. The van der Waals surface area contributed by atoms with Crippen LogP contribution in [0.25, 0.3) is 0 Å². The fraction of sp³-hybridized carbons (Fsp3) is 0.600. The van der Waals surface area contributed by atoms with Crippen LogP contribution in [0.5, 0.6) is 0 Å². The van der Waals surface area contributed by atoms with E-state index in [4.69, 9.17) is 0 Å². The first-order valence-electron chi connectivity index (χ1n) is 7.72. The van der Waals surface area contributed by atoms with E-state index in [1.807, 2.05) is 21.9 Å². The molecule has 0 atom stereocenters. The first-order chi connectivity index (χ1) is 10.7. The molecule has 0 N–H and O–H groups in total. The number of piperidine rings is 1. The zero-order chi connectivity index (χ0) is 15.5. The summed E-state index contributed by atoms with van der Waals surface area (Å²) < 4.78 is 1.98. The van der Waals surface area contributed by atoms with Crippen LogP contribution in [0.3, 0.4) is 0 Å². The Balaban J connectivity index is 1.54. The van der Waals surface area contributed by atoms with Gasteiger partial charge in [-0.3, -0.25) is 4.79 Å². The molecule has 2 aromatic heterocycles. The van der Waals surface area contributed by atoms with E-state index >= 15 is 0 Å². The maximum absolute atomic E-state index is 12.4. The molecule has 3 rings (SSSR count). The van der Waals surface area contributed by atoms with Gasteiger partial charge in [0.05, 0.1) is 17.1 Å². The zero-order valence-electron chi connectivity index (χ0n) is 13.0. The molecule has 0 radical (unpaired) electrons. The van der Waals surface area contributed by atoms with Gasteiger partial charge in [-0.05, 0) is 19.3 Å². The number of carbonyl (C=O) groups is 1. The molecule has 3 heterocycles. The van der Waals surface area contributed by atoms with Crippen LogP contribution in [0.4, 0.5) is 0 Å². The van der Waals surface area contributed by atoms with Gasteiger partial charge in [0.1, 0.15) is 12.2 Å². The van der Waals surface area contributed by atoms with Crippen molar-refractivity contribution in [1.29, 1.82) is 0 Å². The number of aryl methyl sites for hydroxylation is 2. The average Bonchev–Trinajstić information content (AvgIpc) is 3.16. The summed E-state index contributed by atoms with van der Waals surface area (Å²) in [5.74, 6) is 1.62. The minimum Gasteiger partial charge on any atom is -0.342 e. The van der Waals surface area contributed by atoms with Crippen molar-refractivity contribution in [2.75, 3.05) is 13.1 Å². The Morgan fingerprint density at radius 3 is 2.77 bits per heavy atom. The van der Waals surface area contributed by atoms with Gasteiger partial charge in [0, 0.05) is 31.4 Å². The summed E-state index contributed by atoms with van der Waals surface area (Å²) in [4.78, 5) is 18.8. The summed E-state index contributed by atoms with van der Waals surface area (Å²) >= 11 is 1.64. The third-order valence-corrected chi connectivity index (χ3v) is 5.24. The minimum absolute atomic E-state index is 0.185. The number of hydrogen-bond acceptors (Lipinski definition) is 5. The van der Waals surface area contributed by atoms with Gasteiger partial charge in [-0.2, -0.15) is 0 Å². The van der Waals surface area contributed by atoms with E-state index in [0.29, 0.717) is 12.3 Å². The first-order valence-corrected chi connectivity index (χ1v) is 8.60. The van der Waals surface area contributed by atoms with Crippen LogP contribution in [0.15, 0.2) is 11.7 Å². The predicted molar refractivity (Wildman–Crippen MR) is 84.8 cm³/mol.